The van der Waals surface area contributed by atoms with E-state index in [2.05, 4.69) is 31.7 Å². The van der Waals surface area contributed by atoms with Gasteiger partial charge in [-0.05, 0) is 18.9 Å². The maximum atomic E-state index is 6.03. The van der Waals surface area contributed by atoms with E-state index in [4.69, 9.17) is 11.6 Å². The molecule has 96 valence electrons. The van der Waals surface area contributed by atoms with Crippen LogP contribution in [-0.2, 0) is 13.0 Å². The molecule has 3 aromatic rings. The van der Waals surface area contributed by atoms with Gasteiger partial charge in [0.25, 0.3) is 0 Å². The van der Waals surface area contributed by atoms with Crippen molar-refractivity contribution in [2.24, 2.45) is 0 Å². The van der Waals surface area contributed by atoms with Crippen molar-refractivity contribution in [3.8, 4) is 0 Å². The van der Waals surface area contributed by atoms with Crippen LogP contribution in [0.1, 0.15) is 11.4 Å². The van der Waals surface area contributed by atoms with Gasteiger partial charge in [-0.15, -0.1) is 0 Å². The number of imidazole rings is 1. The van der Waals surface area contributed by atoms with Gasteiger partial charge in [0.1, 0.15) is 17.7 Å². The monoisotopic (exact) mass is 272 g/mol. The Morgan fingerprint density at radius 2 is 1.95 bits per heavy atom. The highest BCUT2D eigenvalue weighted by molar-refractivity contribution is 6.33. The summed E-state index contributed by atoms with van der Waals surface area (Å²) in [6, 6.07) is 10.4. The molecular weight excluding hydrogens is 260 g/mol. The van der Waals surface area contributed by atoms with Gasteiger partial charge in [-0.3, -0.25) is 0 Å². The largest absolute Gasteiger partial charge is 0.312 e. The number of nitrogens with zero attached hydrogens (tertiary/aromatic N) is 4. The predicted molar refractivity (Wildman–Crippen MR) is 75.2 cm³/mol. The Labute approximate surface area is 116 Å². The first-order valence-corrected chi connectivity index (χ1v) is 6.51. The van der Waals surface area contributed by atoms with Crippen LogP contribution in [0.25, 0.3) is 11.2 Å². The molecule has 0 aliphatic heterocycles. The summed E-state index contributed by atoms with van der Waals surface area (Å²) in [5, 5.41) is 0.409. The smallest absolute Gasteiger partial charge is 0.165 e. The van der Waals surface area contributed by atoms with Gasteiger partial charge in [0.15, 0.2) is 10.8 Å². The van der Waals surface area contributed by atoms with Gasteiger partial charge in [0, 0.05) is 6.54 Å². The fraction of sp³-hybridized carbons (Fsp3) is 0.214. The minimum atomic E-state index is 0.409. The second-order valence-electron chi connectivity index (χ2n) is 4.38. The standard InChI is InChI=1S/C14H13ClN4/c1-10-18-12-13(15)16-9-17-14(12)19(10)8-7-11-5-3-2-4-6-11/h2-6,9H,7-8H2,1H3. The van der Waals surface area contributed by atoms with E-state index in [0.717, 1.165) is 24.4 Å². The Morgan fingerprint density at radius 3 is 2.74 bits per heavy atom. The van der Waals surface area contributed by atoms with Gasteiger partial charge in [-0.2, -0.15) is 0 Å². The molecule has 2 aromatic heterocycles. The van der Waals surface area contributed by atoms with Crippen LogP contribution < -0.4 is 0 Å². The van der Waals surface area contributed by atoms with Gasteiger partial charge in [-0.1, -0.05) is 41.9 Å². The van der Waals surface area contributed by atoms with Crippen molar-refractivity contribution in [2.45, 2.75) is 19.9 Å². The molecule has 0 fully saturated rings. The summed E-state index contributed by atoms with van der Waals surface area (Å²) in [6.45, 7) is 2.79. The van der Waals surface area contributed by atoms with Crippen molar-refractivity contribution in [1.29, 1.82) is 0 Å². The second kappa shape index (κ2) is 4.97. The molecule has 0 N–H and O–H groups in total. The van der Waals surface area contributed by atoms with Gasteiger partial charge < -0.3 is 4.57 Å². The molecule has 4 nitrogen and oxygen atoms in total. The number of rotatable bonds is 3. The van der Waals surface area contributed by atoms with E-state index in [1.54, 1.807) is 0 Å². The van der Waals surface area contributed by atoms with Crippen LogP contribution in [0, 0.1) is 6.92 Å². The van der Waals surface area contributed by atoms with E-state index in [9.17, 15) is 0 Å². The summed E-state index contributed by atoms with van der Waals surface area (Å²) < 4.78 is 2.08. The minimum Gasteiger partial charge on any atom is -0.312 e. The quantitative estimate of drug-likeness (QED) is 0.689. The number of aromatic nitrogens is 4. The van der Waals surface area contributed by atoms with Crippen molar-refractivity contribution in [1.82, 2.24) is 19.5 Å². The van der Waals surface area contributed by atoms with Gasteiger partial charge >= 0.3 is 0 Å². The second-order valence-corrected chi connectivity index (χ2v) is 4.74. The summed E-state index contributed by atoms with van der Waals surface area (Å²) in [5.74, 6) is 0.910. The third-order valence-corrected chi connectivity index (χ3v) is 3.42. The molecule has 0 amide bonds. The minimum absolute atomic E-state index is 0.409. The van der Waals surface area contributed by atoms with Crippen molar-refractivity contribution in [3.05, 3.63) is 53.2 Å². The topological polar surface area (TPSA) is 43.6 Å². The molecule has 0 saturated heterocycles. The summed E-state index contributed by atoms with van der Waals surface area (Å²) in [6.07, 6.45) is 2.42. The fourth-order valence-electron chi connectivity index (χ4n) is 2.17. The highest BCUT2D eigenvalue weighted by atomic mass is 35.5. The van der Waals surface area contributed by atoms with Gasteiger partial charge in [0.05, 0.1) is 0 Å². The van der Waals surface area contributed by atoms with Crippen LogP contribution in [-0.4, -0.2) is 19.5 Å². The molecule has 0 bridgehead atoms. The number of hydrogen-bond donors (Lipinski definition) is 0. The summed E-state index contributed by atoms with van der Waals surface area (Å²) >= 11 is 6.03. The summed E-state index contributed by atoms with van der Waals surface area (Å²) in [7, 11) is 0. The molecule has 2 heterocycles. The lowest BCUT2D eigenvalue weighted by Gasteiger charge is -2.06. The molecule has 0 radical (unpaired) electrons. The molecule has 3 rings (SSSR count). The normalized spacial score (nSPS) is 11.1. The maximum Gasteiger partial charge on any atom is 0.165 e. The Balaban J connectivity index is 1.93. The third kappa shape index (κ3) is 2.31. The first kappa shape index (κ1) is 12.1. The van der Waals surface area contributed by atoms with E-state index in [1.165, 1.54) is 11.9 Å². The first-order chi connectivity index (χ1) is 9.25. The lowest BCUT2D eigenvalue weighted by molar-refractivity contribution is 0.686. The Hall–Kier alpha value is -1.94. The number of fused-ring (bicyclic) bond motifs is 1. The van der Waals surface area contributed by atoms with Crippen molar-refractivity contribution in [3.63, 3.8) is 0 Å². The molecule has 0 atom stereocenters. The lowest BCUT2D eigenvalue weighted by atomic mass is 10.1. The Bertz CT molecular complexity index is 706. The van der Waals surface area contributed by atoms with Crippen LogP contribution in [0.4, 0.5) is 0 Å². The lowest BCUT2D eigenvalue weighted by Crippen LogP contribution is -2.04. The summed E-state index contributed by atoms with van der Waals surface area (Å²) in [4.78, 5) is 12.7. The molecule has 0 aliphatic carbocycles. The molecule has 0 unspecified atom stereocenters. The van der Waals surface area contributed by atoms with Crippen molar-refractivity contribution >= 4 is 22.8 Å². The van der Waals surface area contributed by atoms with E-state index >= 15 is 0 Å². The average molecular weight is 273 g/mol. The number of hydrogen-bond acceptors (Lipinski definition) is 3. The van der Waals surface area contributed by atoms with Crippen LogP contribution in [0.3, 0.4) is 0 Å². The van der Waals surface area contributed by atoms with Crippen LogP contribution >= 0.6 is 11.6 Å². The molecule has 0 spiro atoms. The number of benzene rings is 1. The van der Waals surface area contributed by atoms with Gasteiger partial charge in [0.2, 0.25) is 0 Å². The third-order valence-electron chi connectivity index (χ3n) is 3.15. The molecule has 1 aromatic carbocycles. The molecule has 19 heavy (non-hydrogen) atoms. The molecule has 0 saturated carbocycles. The first-order valence-electron chi connectivity index (χ1n) is 6.13. The zero-order chi connectivity index (χ0) is 13.2. The van der Waals surface area contributed by atoms with Crippen LogP contribution in [0.2, 0.25) is 5.15 Å². The Kier molecular flexibility index (Phi) is 3.17. The fourth-order valence-corrected chi connectivity index (χ4v) is 2.34. The van der Waals surface area contributed by atoms with Crippen molar-refractivity contribution in [2.75, 3.05) is 0 Å². The van der Waals surface area contributed by atoms with E-state index < -0.39 is 0 Å². The highest BCUT2D eigenvalue weighted by Gasteiger charge is 2.11. The van der Waals surface area contributed by atoms with Crippen molar-refractivity contribution < 1.29 is 0 Å². The molecule has 5 heteroatoms. The van der Waals surface area contributed by atoms with Crippen LogP contribution in [0.5, 0.6) is 0 Å². The Morgan fingerprint density at radius 1 is 1.16 bits per heavy atom. The highest BCUT2D eigenvalue weighted by Crippen LogP contribution is 2.19. The number of halogens is 1. The van der Waals surface area contributed by atoms with E-state index in [-0.39, 0.29) is 0 Å². The van der Waals surface area contributed by atoms with E-state index in [0.29, 0.717) is 10.7 Å². The zero-order valence-electron chi connectivity index (χ0n) is 10.5. The average Bonchev–Trinajstić information content (AvgIpc) is 2.75. The maximum absolute atomic E-state index is 6.03. The van der Waals surface area contributed by atoms with Crippen LogP contribution in [0.15, 0.2) is 36.7 Å². The summed E-state index contributed by atoms with van der Waals surface area (Å²) in [5.41, 5.74) is 2.77. The number of aryl methyl sites for hydroxylation is 3. The van der Waals surface area contributed by atoms with E-state index in [1.807, 2.05) is 25.1 Å². The molecular formula is C14H13ClN4. The molecule has 0 aliphatic rings. The zero-order valence-corrected chi connectivity index (χ0v) is 11.3. The van der Waals surface area contributed by atoms with Gasteiger partial charge in [-0.25, -0.2) is 15.0 Å². The SMILES string of the molecule is Cc1nc2c(Cl)ncnc2n1CCc1ccccc1. The predicted octanol–water partition coefficient (Wildman–Crippen LogP) is 3.03.